The van der Waals surface area contributed by atoms with Crippen LogP contribution in [0.2, 0.25) is 0 Å². The zero-order valence-electron chi connectivity index (χ0n) is 20.1. The molecule has 3 N–H and O–H groups in total. The number of alkyl carbamates (subject to hydrolysis) is 1. The Labute approximate surface area is 196 Å². The number of carbonyl (C=O) groups excluding carboxylic acids is 3. The van der Waals surface area contributed by atoms with Gasteiger partial charge in [-0.2, -0.15) is 12.6 Å². The van der Waals surface area contributed by atoms with E-state index in [4.69, 9.17) is 4.74 Å². The number of benzene rings is 1. The van der Waals surface area contributed by atoms with E-state index in [9.17, 15) is 19.5 Å². The second-order valence-electron chi connectivity index (χ2n) is 8.99. The van der Waals surface area contributed by atoms with Gasteiger partial charge in [0.1, 0.15) is 17.7 Å². The Morgan fingerprint density at radius 3 is 2.28 bits per heavy atom. The van der Waals surface area contributed by atoms with E-state index in [0.29, 0.717) is 5.56 Å². The maximum atomic E-state index is 13.5. The van der Waals surface area contributed by atoms with Crippen LogP contribution < -0.4 is 10.6 Å². The number of amides is 3. The monoisotopic (exact) mass is 467 g/mol. The fourth-order valence-electron chi connectivity index (χ4n) is 3.19. The van der Waals surface area contributed by atoms with Crippen LogP contribution in [0, 0.1) is 13.8 Å². The van der Waals surface area contributed by atoms with Gasteiger partial charge in [-0.1, -0.05) is 18.2 Å². The first-order valence-electron chi connectivity index (χ1n) is 10.7. The van der Waals surface area contributed by atoms with E-state index in [-0.39, 0.29) is 30.9 Å². The lowest BCUT2D eigenvalue weighted by atomic mass is 9.95. The van der Waals surface area contributed by atoms with Crippen molar-refractivity contribution in [1.82, 2.24) is 15.5 Å². The number of aliphatic hydroxyl groups is 1. The van der Waals surface area contributed by atoms with Gasteiger partial charge in [-0.15, -0.1) is 0 Å². The molecular weight excluding hydrogens is 430 g/mol. The molecule has 1 aromatic carbocycles. The Kier molecular flexibility index (Phi) is 10.5. The first-order chi connectivity index (χ1) is 14.8. The van der Waals surface area contributed by atoms with E-state index in [1.54, 1.807) is 26.8 Å². The number of hydrogen-bond donors (Lipinski definition) is 4. The highest BCUT2D eigenvalue weighted by atomic mass is 32.1. The molecule has 9 heteroatoms. The lowest BCUT2D eigenvalue weighted by Gasteiger charge is -2.35. The maximum Gasteiger partial charge on any atom is 0.408 e. The molecule has 180 valence electrons. The molecule has 2 atom stereocenters. The van der Waals surface area contributed by atoms with Crippen molar-refractivity contribution in [2.75, 3.05) is 18.9 Å². The number of nitrogens with zero attached hydrogens (tertiary/aromatic N) is 1. The smallest absolute Gasteiger partial charge is 0.408 e. The zero-order chi connectivity index (χ0) is 24.6. The van der Waals surface area contributed by atoms with Gasteiger partial charge in [0.2, 0.25) is 11.8 Å². The predicted octanol–water partition coefficient (Wildman–Crippen LogP) is 2.51. The van der Waals surface area contributed by atoms with Crippen LogP contribution >= 0.6 is 12.6 Å². The van der Waals surface area contributed by atoms with Gasteiger partial charge in [-0.05, 0) is 65.2 Å². The van der Waals surface area contributed by atoms with Crippen LogP contribution in [0.15, 0.2) is 18.2 Å². The third-order valence-corrected chi connectivity index (χ3v) is 5.09. The number of thiol groups is 1. The van der Waals surface area contributed by atoms with Crippen LogP contribution in [0.1, 0.15) is 57.4 Å². The summed E-state index contributed by atoms with van der Waals surface area (Å²) in [6.45, 7) is 12.2. The number of carbonyl (C=O) groups is 3. The van der Waals surface area contributed by atoms with Gasteiger partial charge in [0.05, 0.1) is 6.61 Å². The topological polar surface area (TPSA) is 108 Å². The minimum absolute atomic E-state index is 0.00861. The van der Waals surface area contributed by atoms with Gasteiger partial charge in [0.25, 0.3) is 0 Å². The normalized spacial score (nSPS) is 13.3. The minimum Gasteiger partial charge on any atom is -0.444 e. The molecule has 8 nitrogen and oxygen atoms in total. The highest BCUT2D eigenvalue weighted by Gasteiger charge is 2.36. The predicted molar refractivity (Wildman–Crippen MR) is 128 cm³/mol. The lowest BCUT2D eigenvalue weighted by molar-refractivity contribution is -0.142. The van der Waals surface area contributed by atoms with E-state index in [0.717, 1.165) is 11.1 Å². The molecule has 1 rings (SSSR count). The molecule has 1 aromatic rings. The Bertz CT molecular complexity index is 807. The summed E-state index contributed by atoms with van der Waals surface area (Å²) < 4.78 is 5.26. The van der Waals surface area contributed by atoms with E-state index < -0.39 is 29.7 Å². The summed E-state index contributed by atoms with van der Waals surface area (Å²) in [7, 11) is 0. The van der Waals surface area contributed by atoms with Crippen LogP contribution in [0.25, 0.3) is 0 Å². The van der Waals surface area contributed by atoms with Gasteiger partial charge in [-0.25, -0.2) is 4.79 Å². The van der Waals surface area contributed by atoms with Crippen molar-refractivity contribution < 1.29 is 24.2 Å². The second kappa shape index (κ2) is 12.1. The number of ether oxygens (including phenoxy) is 1. The number of nitrogens with one attached hydrogen (secondary N) is 2. The number of aliphatic hydroxyl groups excluding tert-OH is 1. The second-order valence-corrected chi connectivity index (χ2v) is 9.36. The van der Waals surface area contributed by atoms with Crippen molar-refractivity contribution in [2.45, 2.75) is 72.2 Å². The van der Waals surface area contributed by atoms with Crippen LogP contribution in [-0.2, 0) is 14.3 Å². The van der Waals surface area contributed by atoms with Crippen LogP contribution in [0.3, 0.4) is 0 Å². The standard InChI is InChI=1S/C23H37N3O5S/c1-14(2)24-20(28)19(17-10-8-9-15(3)16(17)4)26(11-12-27)21(29)18(13-32)25-22(30)31-23(5,6)7/h8-10,14,18-19,27,32H,11-13H2,1-7H3,(H,24,28)(H,25,30). The molecule has 3 amide bonds. The van der Waals surface area contributed by atoms with Crippen molar-refractivity contribution in [3.63, 3.8) is 0 Å². The molecule has 0 bridgehead atoms. The van der Waals surface area contributed by atoms with Gasteiger partial charge >= 0.3 is 6.09 Å². The largest absolute Gasteiger partial charge is 0.444 e. The zero-order valence-corrected chi connectivity index (χ0v) is 21.0. The molecule has 0 spiro atoms. The van der Waals surface area contributed by atoms with Crippen molar-refractivity contribution in [3.8, 4) is 0 Å². The summed E-state index contributed by atoms with van der Waals surface area (Å²) in [5.41, 5.74) is 1.76. The van der Waals surface area contributed by atoms with Gasteiger partial charge in [0.15, 0.2) is 0 Å². The van der Waals surface area contributed by atoms with Gasteiger partial charge in [0, 0.05) is 18.3 Å². The molecule has 32 heavy (non-hydrogen) atoms. The van der Waals surface area contributed by atoms with Crippen molar-refractivity contribution in [2.24, 2.45) is 0 Å². The van der Waals surface area contributed by atoms with Crippen molar-refractivity contribution in [3.05, 3.63) is 34.9 Å². The lowest BCUT2D eigenvalue weighted by Crippen LogP contribution is -2.55. The Hall–Kier alpha value is -2.26. The average molecular weight is 468 g/mol. The summed E-state index contributed by atoms with van der Waals surface area (Å²) >= 11 is 4.22. The summed E-state index contributed by atoms with van der Waals surface area (Å²) in [6, 6.07) is 3.36. The molecule has 0 saturated carbocycles. The molecule has 0 heterocycles. The SMILES string of the molecule is Cc1cccc(C(C(=O)NC(C)C)N(CCO)C(=O)C(CS)NC(=O)OC(C)(C)C)c1C. The molecule has 0 aromatic heterocycles. The molecular formula is C23H37N3O5S. The fraction of sp³-hybridized carbons (Fsp3) is 0.609. The van der Waals surface area contributed by atoms with Crippen molar-refractivity contribution >= 4 is 30.5 Å². The Balaban J connectivity index is 3.39. The van der Waals surface area contributed by atoms with Gasteiger partial charge in [-0.3, -0.25) is 9.59 Å². The highest BCUT2D eigenvalue weighted by molar-refractivity contribution is 7.80. The van der Waals surface area contributed by atoms with E-state index in [2.05, 4.69) is 23.3 Å². The Morgan fingerprint density at radius 2 is 1.78 bits per heavy atom. The maximum absolute atomic E-state index is 13.5. The number of aryl methyl sites for hydroxylation is 1. The molecule has 0 aliphatic carbocycles. The molecule has 0 aliphatic rings. The molecule has 0 radical (unpaired) electrons. The van der Waals surface area contributed by atoms with E-state index >= 15 is 0 Å². The average Bonchev–Trinajstić information content (AvgIpc) is 2.66. The summed E-state index contributed by atoms with van der Waals surface area (Å²) in [5, 5.41) is 15.1. The first-order valence-corrected chi connectivity index (χ1v) is 11.3. The van der Waals surface area contributed by atoms with E-state index in [1.165, 1.54) is 4.90 Å². The Morgan fingerprint density at radius 1 is 1.16 bits per heavy atom. The fourth-order valence-corrected chi connectivity index (χ4v) is 3.44. The number of hydrogen-bond acceptors (Lipinski definition) is 6. The summed E-state index contributed by atoms with van der Waals surface area (Å²) in [5.74, 6) is -0.916. The molecule has 0 aliphatic heterocycles. The van der Waals surface area contributed by atoms with Gasteiger partial charge < -0.3 is 25.4 Å². The third-order valence-electron chi connectivity index (χ3n) is 4.73. The molecule has 0 fully saturated rings. The number of rotatable bonds is 9. The molecule has 0 saturated heterocycles. The van der Waals surface area contributed by atoms with Crippen LogP contribution in [0.5, 0.6) is 0 Å². The third kappa shape index (κ3) is 8.02. The van der Waals surface area contributed by atoms with Crippen LogP contribution in [-0.4, -0.2) is 64.5 Å². The van der Waals surface area contributed by atoms with Crippen molar-refractivity contribution in [1.29, 1.82) is 0 Å². The summed E-state index contributed by atoms with van der Waals surface area (Å²) in [6.07, 6.45) is -0.760. The molecule has 2 unspecified atom stereocenters. The van der Waals surface area contributed by atoms with E-state index in [1.807, 2.05) is 39.8 Å². The summed E-state index contributed by atoms with van der Waals surface area (Å²) in [4.78, 5) is 40.3. The van der Waals surface area contributed by atoms with Crippen LogP contribution in [0.4, 0.5) is 4.79 Å². The first kappa shape index (κ1) is 27.8. The quantitative estimate of drug-likeness (QED) is 0.418. The highest BCUT2D eigenvalue weighted by Crippen LogP contribution is 2.27. The minimum atomic E-state index is -1.04.